The highest BCUT2D eigenvalue weighted by Gasteiger charge is 2.30. The van der Waals surface area contributed by atoms with E-state index in [9.17, 15) is 4.79 Å². The Morgan fingerprint density at radius 2 is 1.75 bits per heavy atom. The van der Waals surface area contributed by atoms with Gasteiger partial charge in [-0.1, -0.05) is 12.8 Å². The van der Waals surface area contributed by atoms with E-state index in [0.29, 0.717) is 12.3 Å². The van der Waals surface area contributed by atoms with Crippen molar-refractivity contribution in [3.63, 3.8) is 0 Å². The molecule has 3 heteroatoms. The predicted molar refractivity (Wildman–Crippen MR) is 62.9 cm³/mol. The van der Waals surface area contributed by atoms with E-state index in [-0.39, 0.29) is 18.1 Å². The van der Waals surface area contributed by atoms with Gasteiger partial charge in [0.25, 0.3) is 0 Å². The second-order valence-electron chi connectivity index (χ2n) is 5.31. The van der Waals surface area contributed by atoms with Crippen LogP contribution in [-0.4, -0.2) is 18.1 Å². The van der Waals surface area contributed by atoms with Gasteiger partial charge >= 0.3 is 5.97 Å². The third kappa shape index (κ3) is 3.78. The Bertz CT molecular complexity index is 230. The average Bonchev–Trinajstić information content (AvgIpc) is 3.05. The van der Waals surface area contributed by atoms with Crippen LogP contribution in [0.25, 0.3) is 0 Å². The largest absolute Gasteiger partial charge is 0.462 e. The molecule has 0 spiro atoms. The minimum atomic E-state index is -0.0775. The van der Waals surface area contributed by atoms with Crippen LogP contribution in [0.2, 0.25) is 0 Å². The smallest absolute Gasteiger partial charge is 0.307 e. The highest BCUT2D eigenvalue weighted by Crippen LogP contribution is 2.33. The predicted octanol–water partition coefficient (Wildman–Crippen LogP) is 2.38. The lowest BCUT2D eigenvalue weighted by Crippen LogP contribution is -2.28. The van der Waals surface area contributed by atoms with E-state index in [2.05, 4.69) is 0 Å². The normalized spacial score (nSPS) is 24.8. The number of carbonyl (C=O) groups excluding carboxylic acids is 1. The van der Waals surface area contributed by atoms with Gasteiger partial charge in [-0.3, -0.25) is 4.79 Å². The van der Waals surface area contributed by atoms with Gasteiger partial charge in [-0.25, -0.2) is 0 Å². The Kier molecular flexibility index (Phi) is 4.22. The van der Waals surface area contributed by atoms with Crippen LogP contribution in [-0.2, 0) is 9.53 Å². The summed E-state index contributed by atoms with van der Waals surface area (Å²) in [6, 6.07) is 0.0401. The standard InChI is InChI=1S/C13H23NO2/c14-12(10-7-8-10)9-13(15)16-11-5-3-1-2-4-6-11/h10-12H,1-9,14H2. The quantitative estimate of drug-likeness (QED) is 0.590. The second-order valence-corrected chi connectivity index (χ2v) is 5.31. The molecule has 2 saturated carbocycles. The number of ether oxygens (including phenoxy) is 1. The zero-order valence-electron chi connectivity index (χ0n) is 9.99. The summed E-state index contributed by atoms with van der Waals surface area (Å²) in [5.41, 5.74) is 5.92. The van der Waals surface area contributed by atoms with Crippen LogP contribution in [0.4, 0.5) is 0 Å². The van der Waals surface area contributed by atoms with Crippen molar-refractivity contribution in [2.75, 3.05) is 0 Å². The molecule has 3 nitrogen and oxygen atoms in total. The number of rotatable bonds is 4. The first-order valence-corrected chi connectivity index (χ1v) is 6.71. The van der Waals surface area contributed by atoms with E-state index in [1.807, 2.05) is 0 Å². The molecule has 0 amide bonds. The maximum Gasteiger partial charge on any atom is 0.307 e. The Hall–Kier alpha value is -0.570. The lowest BCUT2D eigenvalue weighted by Gasteiger charge is -2.17. The van der Waals surface area contributed by atoms with Crippen molar-refractivity contribution in [2.45, 2.75) is 69.9 Å². The third-order valence-corrected chi connectivity index (χ3v) is 3.73. The zero-order chi connectivity index (χ0) is 11.4. The van der Waals surface area contributed by atoms with E-state index in [0.717, 1.165) is 12.8 Å². The molecule has 2 N–H and O–H groups in total. The van der Waals surface area contributed by atoms with Gasteiger partial charge in [0.05, 0.1) is 6.42 Å². The van der Waals surface area contributed by atoms with Gasteiger partial charge in [0.15, 0.2) is 0 Å². The van der Waals surface area contributed by atoms with Gasteiger partial charge in [-0.05, 0) is 44.4 Å². The maximum absolute atomic E-state index is 11.7. The summed E-state index contributed by atoms with van der Waals surface area (Å²) >= 11 is 0. The Morgan fingerprint density at radius 1 is 1.12 bits per heavy atom. The summed E-state index contributed by atoms with van der Waals surface area (Å²) in [5, 5.41) is 0. The molecule has 2 rings (SSSR count). The molecule has 0 aromatic carbocycles. The molecule has 16 heavy (non-hydrogen) atoms. The summed E-state index contributed by atoms with van der Waals surface area (Å²) in [6.07, 6.45) is 10.0. The Labute approximate surface area is 97.7 Å². The van der Waals surface area contributed by atoms with Gasteiger partial charge in [0.1, 0.15) is 6.10 Å². The van der Waals surface area contributed by atoms with E-state index in [1.165, 1.54) is 38.5 Å². The lowest BCUT2D eigenvalue weighted by atomic mass is 10.1. The van der Waals surface area contributed by atoms with Crippen molar-refractivity contribution in [1.29, 1.82) is 0 Å². The highest BCUT2D eigenvalue weighted by atomic mass is 16.5. The number of carbonyl (C=O) groups is 1. The van der Waals surface area contributed by atoms with Gasteiger partial charge in [-0.15, -0.1) is 0 Å². The summed E-state index contributed by atoms with van der Waals surface area (Å²) in [5.74, 6) is 0.507. The van der Waals surface area contributed by atoms with Gasteiger partial charge in [0, 0.05) is 6.04 Å². The van der Waals surface area contributed by atoms with Crippen LogP contribution in [0.15, 0.2) is 0 Å². The second kappa shape index (κ2) is 5.67. The van der Waals surface area contributed by atoms with Crippen molar-refractivity contribution < 1.29 is 9.53 Å². The zero-order valence-corrected chi connectivity index (χ0v) is 9.99. The van der Waals surface area contributed by atoms with E-state index in [1.54, 1.807) is 0 Å². The molecule has 2 aliphatic carbocycles. The number of hydrogen-bond acceptors (Lipinski definition) is 3. The molecule has 2 fully saturated rings. The van der Waals surface area contributed by atoms with E-state index < -0.39 is 0 Å². The summed E-state index contributed by atoms with van der Waals surface area (Å²) < 4.78 is 5.50. The van der Waals surface area contributed by atoms with Crippen LogP contribution in [0.1, 0.15) is 57.8 Å². The SMILES string of the molecule is NC(CC(=O)OC1CCCCCC1)C1CC1. The first-order chi connectivity index (χ1) is 7.75. The van der Waals surface area contributed by atoms with E-state index >= 15 is 0 Å². The van der Waals surface area contributed by atoms with Crippen LogP contribution in [0.5, 0.6) is 0 Å². The molecule has 92 valence electrons. The number of nitrogens with two attached hydrogens (primary N) is 1. The molecule has 0 aliphatic heterocycles. The van der Waals surface area contributed by atoms with Crippen LogP contribution in [0, 0.1) is 5.92 Å². The first kappa shape index (κ1) is 11.9. The summed E-state index contributed by atoms with van der Waals surface area (Å²) in [6.45, 7) is 0. The van der Waals surface area contributed by atoms with Gasteiger partial charge in [-0.2, -0.15) is 0 Å². The molecule has 0 aromatic rings. The minimum absolute atomic E-state index is 0.0401. The van der Waals surface area contributed by atoms with Crippen LogP contribution >= 0.6 is 0 Å². The third-order valence-electron chi connectivity index (χ3n) is 3.73. The highest BCUT2D eigenvalue weighted by molar-refractivity contribution is 5.70. The molecule has 2 aliphatic rings. The molecule has 0 radical (unpaired) electrons. The van der Waals surface area contributed by atoms with Crippen molar-refractivity contribution in [3.05, 3.63) is 0 Å². The minimum Gasteiger partial charge on any atom is -0.462 e. The lowest BCUT2D eigenvalue weighted by molar-refractivity contribution is -0.150. The molecule has 0 aromatic heterocycles. The number of hydrogen-bond donors (Lipinski definition) is 1. The Morgan fingerprint density at radius 3 is 2.31 bits per heavy atom. The fourth-order valence-corrected chi connectivity index (χ4v) is 2.48. The Balaban J connectivity index is 1.68. The topological polar surface area (TPSA) is 52.3 Å². The van der Waals surface area contributed by atoms with Crippen LogP contribution in [0.3, 0.4) is 0 Å². The average molecular weight is 225 g/mol. The van der Waals surface area contributed by atoms with Gasteiger partial charge < -0.3 is 10.5 Å². The van der Waals surface area contributed by atoms with E-state index in [4.69, 9.17) is 10.5 Å². The molecule has 0 heterocycles. The monoisotopic (exact) mass is 225 g/mol. The molecular formula is C13H23NO2. The summed E-state index contributed by atoms with van der Waals surface area (Å²) in [7, 11) is 0. The molecule has 1 atom stereocenters. The molecular weight excluding hydrogens is 202 g/mol. The van der Waals surface area contributed by atoms with Crippen LogP contribution < -0.4 is 5.73 Å². The molecule has 1 unspecified atom stereocenters. The van der Waals surface area contributed by atoms with Crippen molar-refractivity contribution in [2.24, 2.45) is 11.7 Å². The molecule has 0 bridgehead atoms. The summed E-state index contributed by atoms with van der Waals surface area (Å²) in [4.78, 5) is 11.7. The maximum atomic E-state index is 11.7. The fraction of sp³-hybridized carbons (Fsp3) is 0.923. The van der Waals surface area contributed by atoms with Crippen molar-refractivity contribution in [1.82, 2.24) is 0 Å². The van der Waals surface area contributed by atoms with Crippen molar-refractivity contribution >= 4 is 5.97 Å². The fourth-order valence-electron chi connectivity index (χ4n) is 2.48. The van der Waals surface area contributed by atoms with Gasteiger partial charge in [0.2, 0.25) is 0 Å². The molecule has 0 saturated heterocycles. The number of esters is 1. The van der Waals surface area contributed by atoms with Crippen molar-refractivity contribution in [3.8, 4) is 0 Å². The first-order valence-electron chi connectivity index (χ1n) is 6.71.